The summed E-state index contributed by atoms with van der Waals surface area (Å²) in [6.07, 6.45) is 6.83. The van der Waals surface area contributed by atoms with Crippen LogP contribution >= 0.6 is 19.4 Å². The summed E-state index contributed by atoms with van der Waals surface area (Å²) in [5.74, 6) is 0.366. The van der Waals surface area contributed by atoms with E-state index in [4.69, 9.17) is 26.1 Å². The maximum Gasteiger partial charge on any atom is 1.00 e. The molecule has 4 saturated carbocycles. The number of methoxy groups -OCH3 is 1. The summed E-state index contributed by atoms with van der Waals surface area (Å²) in [5.41, 5.74) is -0.00421. The molecule has 11 heteroatoms. The van der Waals surface area contributed by atoms with Crippen LogP contribution in [0.1, 0.15) is 43.2 Å². The second kappa shape index (κ2) is 9.27. The van der Waals surface area contributed by atoms with Crippen molar-refractivity contribution >= 4 is 25.5 Å². The van der Waals surface area contributed by atoms with Crippen molar-refractivity contribution in [3.8, 4) is 5.75 Å². The van der Waals surface area contributed by atoms with Gasteiger partial charge in [0.2, 0.25) is 0 Å². The van der Waals surface area contributed by atoms with Crippen LogP contribution in [-0.2, 0) is 24.9 Å². The molecule has 6 rings (SSSR count). The molecule has 7 nitrogen and oxygen atoms in total. The molecule has 4 bridgehead atoms. The van der Waals surface area contributed by atoms with E-state index in [2.05, 4.69) is 11.1 Å². The SMILES string of the molecule is C=Cc1ccc(C2(OC)OOC23C2CC4CC(C2)CC3C4)c(Cl)c1OP(=O)([O-])[O-].[Na+].[Na+]. The van der Waals surface area contributed by atoms with Crippen LogP contribution in [-0.4, -0.2) is 12.7 Å². The summed E-state index contributed by atoms with van der Waals surface area (Å²) in [4.78, 5) is 34.1. The maximum atomic E-state index is 11.3. The predicted octanol–water partition coefficient (Wildman–Crippen LogP) is -2.85. The van der Waals surface area contributed by atoms with Gasteiger partial charge in [0, 0.05) is 18.2 Å². The average Bonchev–Trinajstić information content (AvgIpc) is 2.63. The van der Waals surface area contributed by atoms with Gasteiger partial charge in [-0.1, -0.05) is 36.4 Å². The zero-order chi connectivity index (χ0) is 20.6. The number of hydrogen-bond donors (Lipinski definition) is 0. The topological polar surface area (TPSA) is 100 Å². The van der Waals surface area contributed by atoms with Crippen LogP contribution in [0, 0.1) is 23.7 Å². The van der Waals surface area contributed by atoms with Gasteiger partial charge < -0.3 is 23.6 Å². The Morgan fingerprint density at radius 1 is 1.13 bits per heavy atom. The molecule has 1 saturated heterocycles. The van der Waals surface area contributed by atoms with Crippen molar-refractivity contribution in [3.63, 3.8) is 0 Å². The van der Waals surface area contributed by atoms with Gasteiger partial charge in [0.1, 0.15) is 7.82 Å². The molecule has 0 radical (unpaired) electrons. The molecule has 1 unspecified atom stereocenters. The molecule has 1 aromatic rings. The standard InChI is InChI=1S/C20H24ClO7P.2Na/c1-3-13-4-5-16(17(21)18(13)26-29(22,23)24)20(25-2)19(27-28-20)14-7-11-6-12(9-14)10-15(19)8-11;;/h3-5,11-12,14-15H,1,6-10H2,2H3,(H2,22,23,24);;/q;2*+1/p-2. The summed E-state index contributed by atoms with van der Waals surface area (Å²) in [7, 11) is -3.81. The van der Waals surface area contributed by atoms with Crippen LogP contribution in [0.25, 0.3) is 6.08 Å². The van der Waals surface area contributed by atoms with Gasteiger partial charge in [-0.3, -0.25) is 0 Å². The van der Waals surface area contributed by atoms with Crippen LogP contribution in [0.15, 0.2) is 18.7 Å². The molecule has 4 aliphatic carbocycles. The van der Waals surface area contributed by atoms with E-state index in [1.54, 1.807) is 12.1 Å². The molecule has 5 fully saturated rings. The fourth-order valence-electron chi connectivity index (χ4n) is 6.52. The molecule has 158 valence electrons. The van der Waals surface area contributed by atoms with E-state index < -0.39 is 19.2 Å². The Labute approximate surface area is 230 Å². The molecular weight excluding hydrogens is 465 g/mol. The Morgan fingerprint density at radius 3 is 2.13 bits per heavy atom. The zero-order valence-corrected chi connectivity index (χ0v) is 23.6. The molecule has 1 aliphatic heterocycles. The first kappa shape index (κ1) is 26.7. The summed E-state index contributed by atoms with van der Waals surface area (Å²) >= 11 is 6.58. The van der Waals surface area contributed by atoms with Crippen LogP contribution in [0.5, 0.6) is 5.75 Å². The van der Waals surface area contributed by atoms with Crippen molar-refractivity contribution in [3.05, 3.63) is 34.9 Å². The van der Waals surface area contributed by atoms with E-state index in [1.807, 2.05) is 0 Å². The normalized spacial score (nSPS) is 37.5. The van der Waals surface area contributed by atoms with Crippen molar-refractivity contribution in [1.29, 1.82) is 0 Å². The van der Waals surface area contributed by atoms with Gasteiger partial charge >= 0.3 is 59.1 Å². The third-order valence-corrected chi connectivity index (χ3v) is 8.14. The maximum absolute atomic E-state index is 11.3. The van der Waals surface area contributed by atoms with Gasteiger partial charge in [0.25, 0.3) is 5.79 Å². The third kappa shape index (κ3) is 3.90. The largest absolute Gasteiger partial charge is 1.00 e. The van der Waals surface area contributed by atoms with Crippen molar-refractivity contribution in [2.24, 2.45) is 23.7 Å². The Morgan fingerprint density at radius 2 is 1.71 bits per heavy atom. The van der Waals surface area contributed by atoms with Gasteiger partial charge in [-0.05, 0) is 55.8 Å². The van der Waals surface area contributed by atoms with Gasteiger partial charge in [-0.15, -0.1) is 0 Å². The van der Waals surface area contributed by atoms with Crippen LogP contribution < -0.4 is 73.4 Å². The van der Waals surface area contributed by atoms with Crippen LogP contribution in [0.4, 0.5) is 0 Å². The molecular formula is C20H22ClNa2O7P. The first-order valence-corrected chi connectivity index (χ1v) is 11.7. The fourth-order valence-corrected chi connectivity index (χ4v) is 7.33. The number of hydrogen-bond acceptors (Lipinski definition) is 7. The molecule has 1 heterocycles. The smallest absolute Gasteiger partial charge is 0.780 e. The summed E-state index contributed by atoms with van der Waals surface area (Å²) in [6.45, 7) is 3.63. The van der Waals surface area contributed by atoms with Crippen molar-refractivity contribution in [2.75, 3.05) is 7.11 Å². The first-order valence-electron chi connectivity index (χ1n) is 9.83. The molecule has 1 spiro atoms. The number of rotatable bonds is 5. The van der Waals surface area contributed by atoms with E-state index in [0.29, 0.717) is 17.4 Å². The zero-order valence-electron chi connectivity index (χ0n) is 18.0. The van der Waals surface area contributed by atoms with E-state index in [0.717, 1.165) is 25.7 Å². The monoisotopic (exact) mass is 486 g/mol. The predicted molar refractivity (Wildman–Crippen MR) is 100 cm³/mol. The van der Waals surface area contributed by atoms with E-state index in [1.165, 1.54) is 19.6 Å². The van der Waals surface area contributed by atoms with Gasteiger partial charge in [0.05, 0.1) is 5.02 Å². The second-order valence-electron chi connectivity index (χ2n) is 8.67. The Bertz CT molecular complexity index is 891. The number of ether oxygens (including phenoxy) is 1. The first-order chi connectivity index (χ1) is 13.7. The number of halogens is 1. The fraction of sp³-hybridized carbons (Fsp3) is 0.600. The van der Waals surface area contributed by atoms with Crippen molar-refractivity contribution in [1.82, 2.24) is 0 Å². The summed E-state index contributed by atoms with van der Waals surface area (Å²) in [6, 6.07) is 3.29. The van der Waals surface area contributed by atoms with Crippen molar-refractivity contribution < 1.29 is 92.5 Å². The van der Waals surface area contributed by atoms with Gasteiger partial charge in [-0.2, -0.15) is 4.89 Å². The molecule has 1 aromatic carbocycles. The van der Waals surface area contributed by atoms with E-state index in [-0.39, 0.29) is 87.3 Å². The van der Waals surface area contributed by atoms with Crippen molar-refractivity contribution in [2.45, 2.75) is 43.5 Å². The van der Waals surface area contributed by atoms with E-state index in [9.17, 15) is 14.4 Å². The Balaban J connectivity index is 0.00000136. The Kier molecular flexibility index (Phi) is 7.98. The molecule has 1 atom stereocenters. The Hall–Kier alpha value is 1.08. The average molecular weight is 487 g/mol. The second-order valence-corrected chi connectivity index (χ2v) is 10.1. The van der Waals surface area contributed by atoms with Gasteiger partial charge in [-0.25, -0.2) is 4.89 Å². The minimum atomic E-state index is -5.33. The number of phosphoric ester groups is 1. The molecule has 5 aliphatic rings. The molecule has 0 aromatic heterocycles. The molecule has 0 N–H and O–H groups in total. The molecule has 0 amide bonds. The summed E-state index contributed by atoms with van der Waals surface area (Å²) < 4.78 is 21.9. The quantitative estimate of drug-likeness (QED) is 0.251. The minimum absolute atomic E-state index is 0. The number of benzene rings is 1. The number of phosphoric acid groups is 1. The minimum Gasteiger partial charge on any atom is -0.780 e. The molecule has 31 heavy (non-hydrogen) atoms. The third-order valence-electron chi connectivity index (χ3n) is 7.35. The van der Waals surface area contributed by atoms with Gasteiger partial charge in [0.15, 0.2) is 11.4 Å². The van der Waals surface area contributed by atoms with Crippen LogP contribution in [0.2, 0.25) is 5.02 Å². The van der Waals surface area contributed by atoms with E-state index >= 15 is 0 Å². The summed E-state index contributed by atoms with van der Waals surface area (Å²) in [5, 5.41) is -0.0485. The van der Waals surface area contributed by atoms with Crippen LogP contribution in [0.3, 0.4) is 0 Å².